The maximum atomic E-state index is 5.29. The Labute approximate surface area is 92.5 Å². The minimum absolute atomic E-state index is 0.274. The van der Waals surface area contributed by atoms with Crippen LogP contribution in [0.4, 0.5) is 0 Å². The Morgan fingerprint density at radius 2 is 1.80 bits per heavy atom. The lowest BCUT2D eigenvalue weighted by Gasteiger charge is -2.38. The lowest BCUT2D eigenvalue weighted by Crippen LogP contribution is -2.43. The van der Waals surface area contributed by atoms with Crippen LogP contribution in [0.25, 0.3) is 0 Å². The van der Waals surface area contributed by atoms with Crippen molar-refractivity contribution in [1.82, 2.24) is 0 Å². The summed E-state index contributed by atoms with van der Waals surface area (Å²) in [5.74, 6) is 0.735. The van der Waals surface area contributed by atoms with Gasteiger partial charge < -0.3 is 4.74 Å². The summed E-state index contributed by atoms with van der Waals surface area (Å²) in [5.41, 5.74) is 3.13. The van der Waals surface area contributed by atoms with E-state index in [1.165, 1.54) is 17.5 Å². The number of rotatable bonds is 3. The second-order valence-electron chi connectivity index (χ2n) is 5.35. The number of benzene rings is 1. The SMILES string of the molecule is CC(C)Cc1ccc(C2(C)COC2)cc1. The van der Waals surface area contributed by atoms with Crippen molar-refractivity contribution in [2.75, 3.05) is 13.2 Å². The van der Waals surface area contributed by atoms with Gasteiger partial charge in [-0.3, -0.25) is 0 Å². The Kier molecular flexibility index (Phi) is 2.83. The van der Waals surface area contributed by atoms with E-state index in [1.54, 1.807) is 0 Å². The van der Waals surface area contributed by atoms with Gasteiger partial charge in [0.2, 0.25) is 0 Å². The zero-order valence-corrected chi connectivity index (χ0v) is 9.92. The summed E-state index contributed by atoms with van der Waals surface area (Å²) in [6.45, 7) is 8.53. The van der Waals surface area contributed by atoms with E-state index in [2.05, 4.69) is 45.0 Å². The average Bonchev–Trinajstić information content (AvgIpc) is 2.14. The first-order chi connectivity index (χ1) is 7.10. The molecule has 1 aromatic rings. The highest BCUT2D eigenvalue weighted by atomic mass is 16.5. The van der Waals surface area contributed by atoms with Crippen molar-refractivity contribution >= 4 is 0 Å². The van der Waals surface area contributed by atoms with Gasteiger partial charge in [-0.05, 0) is 23.5 Å². The molecule has 2 rings (SSSR count). The molecule has 1 aliphatic rings. The molecule has 1 aliphatic heterocycles. The normalized spacial score (nSPS) is 18.9. The van der Waals surface area contributed by atoms with Crippen LogP contribution in [0.1, 0.15) is 31.9 Å². The van der Waals surface area contributed by atoms with E-state index >= 15 is 0 Å². The monoisotopic (exact) mass is 204 g/mol. The maximum Gasteiger partial charge on any atom is 0.0582 e. The molecule has 0 bridgehead atoms. The minimum atomic E-state index is 0.274. The molecule has 1 fully saturated rings. The molecule has 15 heavy (non-hydrogen) atoms. The molecule has 1 aromatic carbocycles. The van der Waals surface area contributed by atoms with Crippen LogP contribution in [-0.4, -0.2) is 13.2 Å². The van der Waals surface area contributed by atoms with Crippen molar-refractivity contribution in [3.63, 3.8) is 0 Å². The van der Waals surface area contributed by atoms with Crippen molar-refractivity contribution in [2.45, 2.75) is 32.6 Å². The Bertz CT molecular complexity index is 320. The van der Waals surface area contributed by atoms with Crippen molar-refractivity contribution in [1.29, 1.82) is 0 Å². The molecule has 0 unspecified atom stereocenters. The molecule has 82 valence electrons. The second-order valence-corrected chi connectivity index (χ2v) is 5.35. The van der Waals surface area contributed by atoms with Gasteiger partial charge in [0.1, 0.15) is 0 Å². The summed E-state index contributed by atoms with van der Waals surface area (Å²) in [6.07, 6.45) is 1.17. The van der Waals surface area contributed by atoms with Crippen molar-refractivity contribution in [2.24, 2.45) is 5.92 Å². The highest BCUT2D eigenvalue weighted by Crippen LogP contribution is 2.31. The van der Waals surface area contributed by atoms with Gasteiger partial charge in [-0.2, -0.15) is 0 Å². The van der Waals surface area contributed by atoms with E-state index in [0.29, 0.717) is 0 Å². The molecule has 0 aromatic heterocycles. The third kappa shape index (κ3) is 2.23. The van der Waals surface area contributed by atoms with Crippen molar-refractivity contribution < 1.29 is 4.74 Å². The van der Waals surface area contributed by atoms with Gasteiger partial charge in [-0.1, -0.05) is 45.0 Å². The highest BCUT2D eigenvalue weighted by molar-refractivity contribution is 5.30. The van der Waals surface area contributed by atoms with E-state index in [-0.39, 0.29) is 5.41 Å². The summed E-state index contributed by atoms with van der Waals surface area (Å²) in [4.78, 5) is 0. The van der Waals surface area contributed by atoms with Crippen LogP contribution in [0.2, 0.25) is 0 Å². The molecule has 0 saturated carbocycles. The Balaban J connectivity index is 2.10. The fourth-order valence-electron chi connectivity index (χ4n) is 2.09. The first-order valence-corrected chi connectivity index (χ1v) is 5.77. The Morgan fingerprint density at radius 3 is 2.20 bits per heavy atom. The van der Waals surface area contributed by atoms with E-state index in [9.17, 15) is 0 Å². The Hall–Kier alpha value is -0.820. The van der Waals surface area contributed by atoms with Gasteiger partial charge >= 0.3 is 0 Å². The molecule has 1 heteroatoms. The summed E-state index contributed by atoms with van der Waals surface area (Å²) >= 11 is 0. The minimum Gasteiger partial charge on any atom is -0.379 e. The first-order valence-electron chi connectivity index (χ1n) is 5.77. The zero-order chi connectivity index (χ0) is 10.9. The van der Waals surface area contributed by atoms with Crippen LogP contribution in [0, 0.1) is 5.92 Å². The summed E-state index contributed by atoms with van der Waals surface area (Å²) in [6, 6.07) is 9.05. The van der Waals surface area contributed by atoms with E-state index in [0.717, 1.165) is 19.1 Å². The molecule has 1 heterocycles. The molecule has 1 saturated heterocycles. The largest absolute Gasteiger partial charge is 0.379 e. The van der Waals surface area contributed by atoms with Crippen LogP contribution in [0.5, 0.6) is 0 Å². The molecule has 1 nitrogen and oxygen atoms in total. The summed E-state index contributed by atoms with van der Waals surface area (Å²) in [7, 11) is 0. The number of hydrogen-bond acceptors (Lipinski definition) is 1. The van der Waals surface area contributed by atoms with E-state index in [4.69, 9.17) is 4.74 Å². The van der Waals surface area contributed by atoms with Crippen molar-refractivity contribution in [3.8, 4) is 0 Å². The first kappa shape index (κ1) is 10.7. The smallest absolute Gasteiger partial charge is 0.0582 e. The van der Waals surface area contributed by atoms with Crippen LogP contribution in [0.3, 0.4) is 0 Å². The quantitative estimate of drug-likeness (QED) is 0.735. The number of hydrogen-bond donors (Lipinski definition) is 0. The van der Waals surface area contributed by atoms with Gasteiger partial charge in [0.25, 0.3) is 0 Å². The topological polar surface area (TPSA) is 9.23 Å². The number of ether oxygens (including phenoxy) is 1. The van der Waals surface area contributed by atoms with Crippen LogP contribution in [0.15, 0.2) is 24.3 Å². The molecule has 0 amide bonds. The molecular formula is C14H20O. The summed E-state index contributed by atoms with van der Waals surface area (Å²) < 4.78 is 5.29. The molecule has 0 aliphatic carbocycles. The highest BCUT2D eigenvalue weighted by Gasteiger charge is 2.34. The predicted molar refractivity (Wildman–Crippen MR) is 63.2 cm³/mol. The van der Waals surface area contributed by atoms with Gasteiger partial charge in [0, 0.05) is 5.41 Å². The fraction of sp³-hybridized carbons (Fsp3) is 0.571. The lowest BCUT2D eigenvalue weighted by atomic mass is 9.80. The zero-order valence-electron chi connectivity index (χ0n) is 9.92. The van der Waals surface area contributed by atoms with Gasteiger partial charge in [-0.15, -0.1) is 0 Å². The second kappa shape index (κ2) is 3.97. The van der Waals surface area contributed by atoms with E-state index in [1.807, 2.05) is 0 Å². The van der Waals surface area contributed by atoms with Crippen LogP contribution in [-0.2, 0) is 16.6 Å². The summed E-state index contributed by atoms with van der Waals surface area (Å²) in [5, 5.41) is 0. The molecule has 0 spiro atoms. The van der Waals surface area contributed by atoms with Gasteiger partial charge in [-0.25, -0.2) is 0 Å². The third-order valence-corrected chi connectivity index (χ3v) is 3.14. The molecular weight excluding hydrogens is 184 g/mol. The van der Waals surface area contributed by atoms with E-state index < -0.39 is 0 Å². The maximum absolute atomic E-state index is 5.29. The standard InChI is InChI=1S/C14H20O/c1-11(2)8-12-4-6-13(7-5-12)14(3)9-15-10-14/h4-7,11H,8-10H2,1-3H3. The molecule has 0 atom stereocenters. The van der Waals surface area contributed by atoms with Crippen LogP contribution >= 0.6 is 0 Å². The van der Waals surface area contributed by atoms with Crippen molar-refractivity contribution in [3.05, 3.63) is 35.4 Å². The van der Waals surface area contributed by atoms with Gasteiger partial charge in [0.05, 0.1) is 13.2 Å². The predicted octanol–water partition coefficient (Wildman–Crippen LogP) is 3.17. The van der Waals surface area contributed by atoms with Gasteiger partial charge in [0.15, 0.2) is 0 Å². The third-order valence-electron chi connectivity index (χ3n) is 3.14. The Morgan fingerprint density at radius 1 is 1.20 bits per heavy atom. The molecule has 0 radical (unpaired) electrons. The lowest BCUT2D eigenvalue weighted by molar-refractivity contribution is -0.0500. The van der Waals surface area contributed by atoms with Crippen LogP contribution < -0.4 is 0 Å². The average molecular weight is 204 g/mol. The molecule has 0 N–H and O–H groups in total. The fourth-order valence-corrected chi connectivity index (χ4v) is 2.09.